The van der Waals surface area contributed by atoms with E-state index in [-0.39, 0.29) is 5.82 Å². The summed E-state index contributed by atoms with van der Waals surface area (Å²) in [7, 11) is 0. The van der Waals surface area contributed by atoms with Gasteiger partial charge in [0.25, 0.3) is 0 Å². The molecule has 23 heavy (non-hydrogen) atoms. The number of hydrogen-bond acceptors (Lipinski definition) is 0. The smallest absolute Gasteiger partial charge is 0.123 e. The summed E-state index contributed by atoms with van der Waals surface area (Å²) in [6.07, 6.45) is 2.23. The first-order chi connectivity index (χ1) is 11.3. The minimum absolute atomic E-state index is 0.167. The van der Waals surface area contributed by atoms with Crippen molar-refractivity contribution in [1.29, 1.82) is 0 Å². The quantitative estimate of drug-likeness (QED) is 0.554. The Morgan fingerprint density at radius 2 is 1.04 bits per heavy atom. The first kappa shape index (κ1) is 14.2. The van der Waals surface area contributed by atoms with Crippen LogP contribution >= 0.6 is 0 Å². The Balaban J connectivity index is 1.77. The number of benzene rings is 3. The van der Waals surface area contributed by atoms with Crippen LogP contribution in [0.1, 0.15) is 46.9 Å². The maximum Gasteiger partial charge on any atom is 0.123 e. The van der Waals surface area contributed by atoms with Crippen molar-refractivity contribution in [3.8, 4) is 0 Å². The molecule has 0 bridgehead atoms. The van der Waals surface area contributed by atoms with E-state index in [0.717, 1.165) is 12.8 Å². The molecule has 0 N–H and O–H groups in total. The van der Waals surface area contributed by atoms with E-state index in [0.29, 0.717) is 11.8 Å². The van der Waals surface area contributed by atoms with Gasteiger partial charge in [-0.05, 0) is 47.2 Å². The highest BCUT2D eigenvalue weighted by Crippen LogP contribution is 2.44. The molecule has 2 atom stereocenters. The molecule has 2 unspecified atom stereocenters. The van der Waals surface area contributed by atoms with E-state index in [1.54, 1.807) is 12.1 Å². The topological polar surface area (TPSA) is 0 Å². The molecular weight excluding hydrogens is 283 g/mol. The van der Waals surface area contributed by atoms with Gasteiger partial charge in [-0.2, -0.15) is 0 Å². The van der Waals surface area contributed by atoms with E-state index in [2.05, 4.69) is 54.6 Å². The van der Waals surface area contributed by atoms with Crippen LogP contribution in [0.25, 0.3) is 0 Å². The zero-order valence-corrected chi connectivity index (χ0v) is 13.0. The van der Waals surface area contributed by atoms with Gasteiger partial charge in [0.15, 0.2) is 0 Å². The summed E-state index contributed by atoms with van der Waals surface area (Å²) >= 11 is 0. The summed E-state index contributed by atoms with van der Waals surface area (Å²) in [4.78, 5) is 0. The highest BCUT2D eigenvalue weighted by molar-refractivity contribution is 5.46. The molecule has 0 saturated carbocycles. The van der Waals surface area contributed by atoms with Gasteiger partial charge in [0, 0.05) is 11.8 Å². The van der Waals surface area contributed by atoms with Crippen LogP contribution in [0.3, 0.4) is 0 Å². The normalized spacial score (nSPS) is 20.0. The van der Waals surface area contributed by atoms with E-state index in [9.17, 15) is 4.39 Å². The van der Waals surface area contributed by atoms with Crippen molar-refractivity contribution < 1.29 is 4.39 Å². The van der Waals surface area contributed by atoms with Gasteiger partial charge in [0.05, 0.1) is 0 Å². The maximum atomic E-state index is 13.2. The van der Waals surface area contributed by atoms with Gasteiger partial charge in [0.1, 0.15) is 5.82 Å². The number of rotatable bonds is 2. The van der Waals surface area contributed by atoms with Crippen molar-refractivity contribution in [3.63, 3.8) is 0 Å². The van der Waals surface area contributed by atoms with Gasteiger partial charge >= 0.3 is 0 Å². The fourth-order valence-corrected chi connectivity index (χ4v) is 3.86. The van der Waals surface area contributed by atoms with Gasteiger partial charge in [-0.1, -0.05) is 66.7 Å². The average Bonchev–Trinajstić information content (AvgIpc) is 2.62. The second kappa shape index (κ2) is 6.00. The Bertz CT molecular complexity index is 790. The number of halogens is 1. The van der Waals surface area contributed by atoms with E-state index < -0.39 is 0 Å². The molecule has 0 nitrogen and oxygen atoms in total. The summed E-state index contributed by atoms with van der Waals surface area (Å²) in [6, 6.07) is 26.5. The molecular formula is C22H19F. The molecule has 3 aromatic carbocycles. The third-order valence-corrected chi connectivity index (χ3v) is 4.97. The van der Waals surface area contributed by atoms with Gasteiger partial charge in [-0.25, -0.2) is 4.39 Å². The molecule has 3 aromatic rings. The standard InChI is InChI=1S/C22H19F/c23-18-12-10-17(11-13-18)20-15-14-19(16-6-2-1-3-7-16)21-8-4-5-9-22(20)21/h1-13,19-20H,14-15H2. The summed E-state index contributed by atoms with van der Waals surface area (Å²) in [5.41, 5.74) is 5.40. The Hall–Kier alpha value is -2.41. The van der Waals surface area contributed by atoms with E-state index in [4.69, 9.17) is 0 Å². The largest absolute Gasteiger partial charge is 0.207 e. The van der Waals surface area contributed by atoms with Crippen molar-refractivity contribution in [2.24, 2.45) is 0 Å². The van der Waals surface area contributed by atoms with Crippen LogP contribution in [0, 0.1) is 5.82 Å². The van der Waals surface area contributed by atoms with E-state index in [1.807, 2.05) is 12.1 Å². The molecule has 0 spiro atoms. The third-order valence-electron chi connectivity index (χ3n) is 4.97. The molecule has 0 saturated heterocycles. The number of fused-ring (bicyclic) bond motifs is 1. The zero-order valence-electron chi connectivity index (χ0n) is 13.0. The van der Waals surface area contributed by atoms with Crippen LogP contribution in [0.2, 0.25) is 0 Å². The van der Waals surface area contributed by atoms with Crippen LogP contribution in [-0.2, 0) is 0 Å². The van der Waals surface area contributed by atoms with Crippen LogP contribution < -0.4 is 0 Å². The Labute approximate surface area is 136 Å². The average molecular weight is 302 g/mol. The predicted molar refractivity (Wildman–Crippen MR) is 92.2 cm³/mol. The lowest BCUT2D eigenvalue weighted by atomic mass is 9.72. The minimum Gasteiger partial charge on any atom is -0.207 e. The molecule has 4 rings (SSSR count). The highest BCUT2D eigenvalue weighted by atomic mass is 19.1. The van der Waals surface area contributed by atoms with Crippen molar-refractivity contribution in [2.75, 3.05) is 0 Å². The summed E-state index contributed by atoms with van der Waals surface area (Å²) in [6.45, 7) is 0. The van der Waals surface area contributed by atoms with Crippen LogP contribution in [0.15, 0.2) is 78.9 Å². The van der Waals surface area contributed by atoms with Gasteiger partial charge < -0.3 is 0 Å². The lowest BCUT2D eigenvalue weighted by molar-refractivity contribution is 0.563. The molecule has 0 amide bonds. The molecule has 0 aromatic heterocycles. The Kier molecular flexibility index (Phi) is 3.70. The fraction of sp³-hybridized carbons (Fsp3) is 0.182. The summed E-state index contributed by atoms with van der Waals surface area (Å²) in [5.74, 6) is 0.663. The molecule has 1 aliphatic carbocycles. The molecule has 0 heterocycles. The maximum absolute atomic E-state index is 13.2. The van der Waals surface area contributed by atoms with Crippen LogP contribution in [0.4, 0.5) is 4.39 Å². The summed E-state index contributed by atoms with van der Waals surface area (Å²) < 4.78 is 13.2. The lowest BCUT2D eigenvalue weighted by Crippen LogP contribution is -2.16. The van der Waals surface area contributed by atoms with E-state index >= 15 is 0 Å². The Morgan fingerprint density at radius 3 is 1.61 bits per heavy atom. The molecule has 0 radical (unpaired) electrons. The van der Waals surface area contributed by atoms with Gasteiger partial charge in [-0.15, -0.1) is 0 Å². The van der Waals surface area contributed by atoms with E-state index in [1.165, 1.54) is 22.3 Å². The van der Waals surface area contributed by atoms with Crippen molar-refractivity contribution in [3.05, 3.63) is 107 Å². The fourth-order valence-electron chi connectivity index (χ4n) is 3.86. The van der Waals surface area contributed by atoms with Gasteiger partial charge in [0.2, 0.25) is 0 Å². The monoisotopic (exact) mass is 302 g/mol. The van der Waals surface area contributed by atoms with Crippen LogP contribution in [-0.4, -0.2) is 0 Å². The molecule has 1 heteroatoms. The van der Waals surface area contributed by atoms with Crippen molar-refractivity contribution >= 4 is 0 Å². The third kappa shape index (κ3) is 2.68. The first-order valence-electron chi connectivity index (χ1n) is 8.22. The van der Waals surface area contributed by atoms with Crippen molar-refractivity contribution in [1.82, 2.24) is 0 Å². The lowest BCUT2D eigenvalue weighted by Gasteiger charge is -2.32. The number of hydrogen-bond donors (Lipinski definition) is 0. The summed E-state index contributed by atoms with van der Waals surface area (Å²) in [5, 5.41) is 0. The minimum atomic E-state index is -0.167. The highest BCUT2D eigenvalue weighted by Gasteiger charge is 2.28. The zero-order chi connectivity index (χ0) is 15.6. The molecule has 0 fully saturated rings. The molecule has 0 aliphatic heterocycles. The van der Waals surface area contributed by atoms with Gasteiger partial charge in [-0.3, -0.25) is 0 Å². The predicted octanol–water partition coefficient (Wildman–Crippen LogP) is 5.88. The van der Waals surface area contributed by atoms with Crippen LogP contribution in [0.5, 0.6) is 0 Å². The molecule has 1 aliphatic rings. The molecule has 114 valence electrons. The second-order valence-electron chi connectivity index (χ2n) is 6.27. The Morgan fingerprint density at radius 1 is 0.565 bits per heavy atom. The first-order valence-corrected chi connectivity index (χ1v) is 8.22. The van der Waals surface area contributed by atoms with Crippen molar-refractivity contribution in [2.45, 2.75) is 24.7 Å². The second-order valence-corrected chi connectivity index (χ2v) is 6.27. The SMILES string of the molecule is Fc1ccc(C2CCC(c3ccccc3)c3ccccc32)cc1.